The summed E-state index contributed by atoms with van der Waals surface area (Å²) in [7, 11) is 0.768. The lowest BCUT2D eigenvalue weighted by atomic mass is 10.3. The van der Waals surface area contributed by atoms with E-state index in [1.165, 1.54) is 24.8 Å². The molecule has 0 unspecified atom stereocenters. The SMILES string of the molecule is CC.CCC.CN(C)c1ccc(N=Nc2ccc(S(C)(=O)=O)cc2)cc1. The third-order valence-corrected chi connectivity index (χ3v) is 4.04. The Kier molecular flexibility index (Phi) is 11.2. The van der Waals surface area contributed by atoms with Crippen LogP contribution in [0.15, 0.2) is 63.7 Å². The zero-order valence-corrected chi connectivity index (χ0v) is 17.7. The monoisotopic (exact) mass is 377 g/mol. The molecule has 0 fully saturated rings. The van der Waals surface area contributed by atoms with Crippen LogP contribution in [-0.2, 0) is 9.84 Å². The fourth-order valence-corrected chi connectivity index (χ4v) is 2.32. The van der Waals surface area contributed by atoms with Crippen molar-refractivity contribution in [2.75, 3.05) is 25.3 Å². The summed E-state index contributed by atoms with van der Waals surface area (Å²) >= 11 is 0. The first kappa shape index (κ1) is 23.8. The molecule has 0 saturated carbocycles. The van der Waals surface area contributed by atoms with Crippen molar-refractivity contribution in [1.82, 2.24) is 0 Å². The first-order valence-electron chi connectivity index (χ1n) is 8.77. The third-order valence-electron chi connectivity index (χ3n) is 2.91. The molecule has 0 aliphatic rings. The summed E-state index contributed by atoms with van der Waals surface area (Å²) in [6, 6.07) is 14.0. The van der Waals surface area contributed by atoms with Crippen LogP contribution < -0.4 is 4.90 Å². The summed E-state index contributed by atoms with van der Waals surface area (Å²) in [5.41, 5.74) is 2.44. The van der Waals surface area contributed by atoms with Crippen LogP contribution in [0, 0.1) is 0 Å². The normalized spacial score (nSPS) is 10.4. The molecule has 2 aromatic rings. The maximum atomic E-state index is 11.4. The Bertz CT molecular complexity index is 751. The molecule has 0 aromatic heterocycles. The molecule has 5 nitrogen and oxygen atoms in total. The second kappa shape index (κ2) is 12.2. The van der Waals surface area contributed by atoms with Crippen LogP contribution in [0.2, 0.25) is 0 Å². The topological polar surface area (TPSA) is 62.1 Å². The van der Waals surface area contributed by atoms with Gasteiger partial charge in [-0.15, -0.1) is 0 Å². The molecule has 0 N–H and O–H groups in total. The zero-order chi connectivity index (χ0) is 20.2. The summed E-state index contributed by atoms with van der Waals surface area (Å²) in [6.07, 6.45) is 2.43. The summed E-state index contributed by atoms with van der Waals surface area (Å²) < 4.78 is 22.7. The molecule has 2 aromatic carbocycles. The van der Waals surface area contributed by atoms with E-state index in [-0.39, 0.29) is 4.90 Å². The van der Waals surface area contributed by atoms with Crippen molar-refractivity contribution >= 4 is 26.9 Å². The maximum Gasteiger partial charge on any atom is 0.175 e. The van der Waals surface area contributed by atoms with E-state index in [9.17, 15) is 8.42 Å². The minimum absolute atomic E-state index is 0.275. The molecule has 0 amide bonds. The van der Waals surface area contributed by atoms with Crippen LogP contribution in [0.3, 0.4) is 0 Å². The van der Waals surface area contributed by atoms with Crippen LogP contribution in [-0.4, -0.2) is 28.8 Å². The van der Waals surface area contributed by atoms with E-state index in [0.717, 1.165) is 11.4 Å². The Labute approximate surface area is 158 Å². The van der Waals surface area contributed by atoms with Gasteiger partial charge in [0.1, 0.15) is 0 Å². The van der Waals surface area contributed by atoms with Crippen LogP contribution in [0.1, 0.15) is 34.1 Å². The summed E-state index contributed by atoms with van der Waals surface area (Å²) in [4.78, 5) is 2.28. The van der Waals surface area contributed by atoms with Gasteiger partial charge in [0.25, 0.3) is 0 Å². The molecule has 2 rings (SSSR count). The van der Waals surface area contributed by atoms with Gasteiger partial charge in [0, 0.05) is 26.0 Å². The third kappa shape index (κ3) is 8.76. The molecule has 0 bridgehead atoms. The molecule has 0 aliphatic carbocycles. The molecule has 26 heavy (non-hydrogen) atoms. The number of hydrogen-bond donors (Lipinski definition) is 0. The number of sulfone groups is 1. The van der Waals surface area contributed by atoms with E-state index < -0.39 is 9.84 Å². The average molecular weight is 378 g/mol. The van der Waals surface area contributed by atoms with E-state index in [4.69, 9.17) is 0 Å². The predicted octanol–water partition coefficient (Wildman–Crippen LogP) is 6.01. The van der Waals surface area contributed by atoms with Crippen molar-refractivity contribution in [2.45, 2.75) is 39.0 Å². The van der Waals surface area contributed by atoms with E-state index in [1.807, 2.05) is 57.1 Å². The number of anilines is 1. The Hall–Kier alpha value is -2.21. The second-order valence-electron chi connectivity index (χ2n) is 5.58. The standard InChI is InChI=1S/C15H17N3O2S.C3H8.C2H6/c1-18(2)14-8-4-12(5-9-14)16-17-13-6-10-15(11-7-13)21(3,19)20;1-3-2;1-2/h4-11H,1-3H3;3H2,1-2H3;1-2H3. The van der Waals surface area contributed by atoms with Crippen LogP contribution in [0.5, 0.6) is 0 Å². The molecule has 6 heteroatoms. The van der Waals surface area contributed by atoms with Crippen LogP contribution >= 0.6 is 0 Å². The average Bonchev–Trinajstić information content (AvgIpc) is 2.62. The van der Waals surface area contributed by atoms with Gasteiger partial charge in [-0.2, -0.15) is 10.2 Å². The summed E-state index contributed by atoms with van der Waals surface area (Å²) in [5, 5.41) is 8.22. The van der Waals surface area contributed by atoms with Gasteiger partial charge in [0.05, 0.1) is 16.3 Å². The predicted molar refractivity (Wildman–Crippen MR) is 112 cm³/mol. The second-order valence-corrected chi connectivity index (χ2v) is 7.60. The fraction of sp³-hybridized carbons (Fsp3) is 0.400. The van der Waals surface area contributed by atoms with E-state index in [2.05, 4.69) is 24.1 Å². The van der Waals surface area contributed by atoms with Gasteiger partial charge in [0.2, 0.25) is 0 Å². The lowest BCUT2D eigenvalue weighted by Gasteiger charge is -2.11. The fourth-order valence-electron chi connectivity index (χ4n) is 1.69. The molecular formula is C20H31N3O2S. The lowest BCUT2D eigenvalue weighted by Crippen LogP contribution is -2.07. The van der Waals surface area contributed by atoms with Gasteiger partial charge in [0.15, 0.2) is 9.84 Å². The highest BCUT2D eigenvalue weighted by Crippen LogP contribution is 2.22. The van der Waals surface area contributed by atoms with Gasteiger partial charge in [-0.3, -0.25) is 0 Å². The van der Waals surface area contributed by atoms with Crippen molar-refractivity contribution in [3.05, 3.63) is 48.5 Å². The van der Waals surface area contributed by atoms with Gasteiger partial charge in [-0.25, -0.2) is 8.42 Å². The van der Waals surface area contributed by atoms with E-state index in [1.54, 1.807) is 12.1 Å². The van der Waals surface area contributed by atoms with E-state index in [0.29, 0.717) is 5.69 Å². The van der Waals surface area contributed by atoms with Crippen molar-refractivity contribution in [1.29, 1.82) is 0 Å². The van der Waals surface area contributed by atoms with Crippen LogP contribution in [0.4, 0.5) is 17.1 Å². The largest absolute Gasteiger partial charge is 0.378 e. The maximum absolute atomic E-state index is 11.4. The van der Waals surface area contributed by atoms with Crippen molar-refractivity contribution in [2.24, 2.45) is 10.2 Å². The summed E-state index contributed by atoms with van der Waals surface area (Å²) in [6.45, 7) is 8.25. The Morgan fingerprint density at radius 3 is 1.46 bits per heavy atom. The molecule has 0 spiro atoms. The highest BCUT2D eigenvalue weighted by molar-refractivity contribution is 7.90. The molecule has 0 atom stereocenters. The smallest absolute Gasteiger partial charge is 0.175 e. The minimum atomic E-state index is -3.18. The highest BCUT2D eigenvalue weighted by atomic mass is 32.2. The zero-order valence-electron chi connectivity index (χ0n) is 16.9. The quantitative estimate of drug-likeness (QED) is 0.613. The number of nitrogens with zero attached hydrogens (tertiary/aromatic N) is 3. The molecule has 0 radical (unpaired) electrons. The lowest BCUT2D eigenvalue weighted by molar-refractivity contribution is 0.602. The number of rotatable bonds is 4. The van der Waals surface area contributed by atoms with Gasteiger partial charge < -0.3 is 4.90 Å². The van der Waals surface area contributed by atoms with Gasteiger partial charge in [-0.1, -0.05) is 34.1 Å². The molecule has 0 aliphatic heterocycles. The highest BCUT2D eigenvalue weighted by Gasteiger charge is 2.05. The first-order chi connectivity index (χ1) is 12.3. The van der Waals surface area contributed by atoms with Crippen molar-refractivity contribution < 1.29 is 8.42 Å². The Morgan fingerprint density at radius 2 is 1.15 bits per heavy atom. The molecular weight excluding hydrogens is 346 g/mol. The Balaban J connectivity index is 0.00000113. The van der Waals surface area contributed by atoms with E-state index >= 15 is 0 Å². The number of azo groups is 1. The van der Waals surface area contributed by atoms with Crippen molar-refractivity contribution in [3.8, 4) is 0 Å². The first-order valence-corrected chi connectivity index (χ1v) is 10.7. The number of hydrogen-bond acceptors (Lipinski definition) is 5. The summed E-state index contributed by atoms with van der Waals surface area (Å²) in [5.74, 6) is 0. The Morgan fingerprint density at radius 1 is 0.808 bits per heavy atom. The molecule has 0 saturated heterocycles. The van der Waals surface area contributed by atoms with Crippen LogP contribution in [0.25, 0.3) is 0 Å². The van der Waals surface area contributed by atoms with Gasteiger partial charge in [-0.05, 0) is 48.5 Å². The van der Waals surface area contributed by atoms with Crippen molar-refractivity contribution in [3.63, 3.8) is 0 Å². The minimum Gasteiger partial charge on any atom is -0.378 e. The number of benzene rings is 2. The molecule has 144 valence electrons. The molecule has 0 heterocycles. The van der Waals surface area contributed by atoms with Gasteiger partial charge >= 0.3 is 0 Å².